The van der Waals surface area contributed by atoms with Crippen molar-refractivity contribution in [3.05, 3.63) is 40.0 Å². The third-order valence-electron chi connectivity index (χ3n) is 3.13. The highest BCUT2D eigenvalue weighted by Crippen LogP contribution is 2.31. The number of carbonyl (C=O) groups is 1. The summed E-state index contributed by atoms with van der Waals surface area (Å²) in [6.07, 6.45) is 0.158. The maximum absolute atomic E-state index is 11.9. The zero-order valence-electron chi connectivity index (χ0n) is 13.5. The monoisotopic (exact) mass is 335 g/mol. The number of nitro groups is 1. The molecule has 0 atom stereocenters. The van der Waals surface area contributed by atoms with Crippen LogP contribution in [0.15, 0.2) is 22.7 Å². The molecular weight excluding hydrogens is 318 g/mol. The maximum Gasteiger partial charge on any atom is 0.315 e. The first-order valence-electron chi connectivity index (χ1n) is 7.26. The summed E-state index contributed by atoms with van der Waals surface area (Å²) in [5.41, 5.74) is -0.345. The van der Waals surface area contributed by atoms with Gasteiger partial charge in [0.2, 0.25) is 11.6 Å². The van der Waals surface area contributed by atoms with Gasteiger partial charge in [-0.3, -0.25) is 14.9 Å². The zero-order valence-corrected chi connectivity index (χ0v) is 13.5. The Morgan fingerprint density at radius 3 is 2.75 bits per heavy atom. The fourth-order valence-corrected chi connectivity index (χ4v) is 1.84. The number of rotatable bonds is 7. The van der Waals surface area contributed by atoms with Crippen molar-refractivity contribution in [1.29, 1.82) is 0 Å². The van der Waals surface area contributed by atoms with Gasteiger partial charge in [0.05, 0.1) is 24.5 Å². The second-order valence-corrected chi connectivity index (χ2v) is 5.27. The minimum Gasteiger partial charge on any atom is -0.496 e. The molecule has 24 heavy (non-hydrogen) atoms. The molecule has 0 unspecified atom stereocenters. The van der Waals surface area contributed by atoms with Crippen molar-refractivity contribution >= 4 is 11.7 Å². The van der Waals surface area contributed by atoms with Crippen LogP contribution in [0.5, 0.6) is 11.5 Å². The molecular formula is C15H17N3O6. The number of esters is 1. The molecule has 0 amide bonds. The van der Waals surface area contributed by atoms with Crippen LogP contribution in [0, 0.1) is 10.1 Å². The Morgan fingerprint density at radius 2 is 2.17 bits per heavy atom. The summed E-state index contributed by atoms with van der Waals surface area (Å²) < 4.78 is 15.0. The van der Waals surface area contributed by atoms with Gasteiger partial charge < -0.3 is 14.0 Å². The lowest BCUT2D eigenvalue weighted by Crippen LogP contribution is -2.10. The van der Waals surface area contributed by atoms with Crippen molar-refractivity contribution < 1.29 is 23.7 Å². The Hall–Kier alpha value is -2.97. The summed E-state index contributed by atoms with van der Waals surface area (Å²) in [4.78, 5) is 26.4. The van der Waals surface area contributed by atoms with Gasteiger partial charge >= 0.3 is 11.7 Å². The van der Waals surface area contributed by atoms with Crippen LogP contribution in [0.4, 0.5) is 5.69 Å². The first kappa shape index (κ1) is 17.4. The minimum atomic E-state index is -0.641. The number of methoxy groups -OCH3 is 1. The molecule has 1 aromatic heterocycles. The molecule has 0 fully saturated rings. The Balaban J connectivity index is 2.00. The number of ether oxygens (including phenoxy) is 2. The lowest BCUT2D eigenvalue weighted by Gasteiger charge is -2.06. The van der Waals surface area contributed by atoms with Crippen LogP contribution in [-0.4, -0.2) is 28.1 Å². The molecule has 1 heterocycles. The number of nitrogens with zero attached hydrogens (tertiary/aromatic N) is 3. The fraction of sp³-hybridized carbons (Fsp3) is 0.400. The van der Waals surface area contributed by atoms with E-state index in [1.165, 1.54) is 25.3 Å². The molecule has 128 valence electrons. The third kappa shape index (κ3) is 4.28. The quantitative estimate of drug-likeness (QED) is 0.328. The van der Waals surface area contributed by atoms with Crippen LogP contribution >= 0.6 is 0 Å². The molecule has 2 rings (SSSR count). The summed E-state index contributed by atoms with van der Waals surface area (Å²) in [5.74, 6) is 0.528. The van der Waals surface area contributed by atoms with E-state index in [4.69, 9.17) is 14.0 Å². The lowest BCUT2D eigenvalue weighted by molar-refractivity contribution is -0.385. The molecule has 0 N–H and O–H groups in total. The highest BCUT2D eigenvalue weighted by atomic mass is 16.6. The van der Waals surface area contributed by atoms with Gasteiger partial charge in [0.1, 0.15) is 5.75 Å². The van der Waals surface area contributed by atoms with Gasteiger partial charge in [0.15, 0.2) is 5.82 Å². The van der Waals surface area contributed by atoms with E-state index in [1.807, 2.05) is 13.8 Å². The second-order valence-electron chi connectivity index (χ2n) is 5.27. The van der Waals surface area contributed by atoms with E-state index >= 15 is 0 Å². The van der Waals surface area contributed by atoms with Gasteiger partial charge in [-0.15, -0.1) is 0 Å². The van der Waals surface area contributed by atoms with E-state index in [2.05, 4.69) is 10.1 Å². The van der Waals surface area contributed by atoms with E-state index in [-0.39, 0.29) is 30.2 Å². The van der Waals surface area contributed by atoms with E-state index in [1.54, 1.807) is 0 Å². The van der Waals surface area contributed by atoms with Gasteiger partial charge in [0, 0.05) is 12.3 Å². The predicted molar refractivity (Wildman–Crippen MR) is 82.0 cm³/mol. The van der Waals surface area contributed by atoms with Crippen molar-refractivity contribution in [2.45, 2.75) is 32.6 Å². The highest BCUT2D eigenvalue weighted by Gasteiger charge is 2.20. The smallest absolute Gasteiger partial charge is 0.315 e. The molecule has 0 saturated heterocycles. The molecule has 0 aliphatic carbocycles. The molecule has 0 radical (unpaired) electrons. The summed E-state index contributed by atoms with van der Waals surface area (Å²) in [7, 11) is 1.39. The number of carbonyl (C=O) groups excluding carboxylic acids is 1. The van der Waals surface area contributed by atoms with Gasteiger partial charge in [-0.2, -0.15) is 4.98 Å². The van der Waals surface area contributed by atoms with Crippen molar-refractivity contribution in [2.24, 2.45) is 0 Å². The predicted octanol–water partition coefficient (Wildman–Crippen LogP) is 2.65. The van der Waals surface area contributed by atoms with Crippen molar-refractivity contribution in [3.63, 3.8) is 0 Å². The Labute approximate surface area is 137 Å². The molecule has 2 aromatic rings. The molecule has 0 saturated carbocycles. The Morgan fingerprint density at radius 1 is 1.42 bits per heavy atom. The Bertz CT molecular complexity index is 741. The number of benzene rings is 1. The van der Waals surface area contributed by atoms with Crippen LogP contribution in [0.25, 0.3) is 0 Å². The molecule has 0 aliphatic heterocycles. The molecule has 1 aromatic carbocycles. The van der Waals surface area contributed by atoms with E-state index in [0.29, 0.717) is 17.5 Å². The second kappa shape index (κ2) is 7.53. The van der Waals surface area contributed by atoms with Crippen LogP contribution in [0.3, 0.4) is 0 Å². The molecule has 9 nitrogen and oxygen atoms in total. The summed E-state index contributed by atoms with van der Waals surface area (Å²) in [6.45, 7) is 3.84. The van der Waals surface area contributed by atoms with Crippen molar-refractivity contribution in [1.82, 2.24) is 10.1 Å². The number of hydrogen-bond acceptors (Lipinski definition) is 8. The standard InChI is InChI=1S/C15H17N3O6/c1-9(2)15-16-13(24-17-15)6-7-14(19)23-12-5-4-10(22-3)8-11(12)18(20)21/h4-5,8-9H,6-7H2,1-3H3. The molecule has 0 spiro atoms. The number of hydrogen-bond donors (Lipinski definition) is 0. The van der Waals surface area contributed by atoms with Gasteiger partial charge in [-0.1, -0.05) is 19.0 Å². The zero-order chi connectivity index (χ0) is 17.7. The first-order chi connectivity index (χ1) is 11.4. The molecule has 9 heteroatoms. The molecule has 0 aliphatic rings. The number of aryl methyl sites for hydroxylation is 1. The molecule has 0 bridgehead atoms. The van der Waals surface area contributed by atoms with Crippen LogP contribution < -0.4 is 9.47 Å². The maximum atomic E-state index is 11.9. The largest absolute Gasteiger partial charge is 0.496 e. The summed E-state index contributed by atoms with van der Waals surface area (Å²) >= 11 is 0. The van der Waals surface area contributed by atoms with Crippen molar-refractivity contribution in [2.75, 3.05) is 7.11 Å². The van der Waals surface area contributed by atoms with Crippen molar-refractivity contribution in [3.8, 4) is 11.5 Å². The lowest BCUT2D eigenvalue weighted by atomic mass is 10.2. The topological polar surface area (TPSA) is 118 Å². The third-order valence-corrected chi connectivity index (χ3v) is 3.13. The van der Waals surface area contributed by atoms with Crippen LogP contribution in [0.2, 0.25) is 0 Å². The Kier molecular flexibility index (Phi) is 5.46. The average Bonchev–Trinajstić information content (AvgIpc) is 3.02. The summed E-state index contributed by atoms with van der Waals surface area (Å²) in [5, 5.41) is 14.8. The normalized spacial score (nSPS) is 10.7. The summed E-state index contributed by atoms with van der Waals surface area (Å²) in [6, 6.07) is 3.98. The average molecular weight is 335 g/mol. The van der Waals surface area contributed by atoms with E-state index in [0.717, 1.165) is 0 Å². The number of nitro benzene ring substituents is 1. The first-order valence-corrected chi connectivity index (χ1v) is 7.26. The highest BCUT2D eigenvalue weighted by molar-refractivity contribution is 5.74. The SMILES string of the molecule is COc1ccc(OC(=O)CCc2nc(C(C)C)no2)c([N+](=O)[O-])c1. The van der Waals surface area contributed by atoms with Gasteiger partial charge in [-0.25, -0.2) is 0 Å². The van der Waals surface area contributed by atoms with Crippen LogP contribution in [0.1, 0.15) is 37.9 Å². The number of aromatic nitrogens is 2. The minimum absolute atomic E-state index is 0.0388. The van der Waals surface area contributed by atoms with E-state index < -0.39 is 10.9 Å². The van der Waals surface area contributed by atoms with Gasteiger partial charge in [-0.05, 0) is 12.1 Å². The van der Waals surface area contributed by atoms with Gasteiger partial charge in [0.25, 0.3) is 0 Å². The van der Waals surface area contributed by atoms with E-state index in [9.17, 15) is 14.9 Å². The fourth-order valence-electron chi connectivity index (χ4n) is 1.84. The van der Waals surface area contributed by atoms with Crippen LogP contribution in [-0.2, 0) is 11.2 Å².